The maximum Gasteiger partial charge on any atom is 0.126 e. The van der Waals surface area contributed by atoms with Crippen molar-refractivity contribution < 1.29 is 4.39 Å². The summed E-state index contributed by atoms with van der Waals surface area (Å²) in [5.74, 6) is -0.0850. The van der Waals surface area contributed by atoms with Gasteiger partial charge in [0.15, 0.2) is 0 Å². The number of benzene rings is 1. The molecule has 2 unspecified atom stereocenters. The molecule has 0 saturated heterocycles. The molecular formula is C14H22FN. The van der Waals surface area contributed by atoms with Gasteiger partial charge in [0.25, 0.3) is 0 Å². The highest BCUT2D eigenvalue weighted by molar-refractivity contribution is 5.17. The third-order valence-electron chi connectivity index (χ3n) is 2.99. The molecule has 2 heteroatoms. The van der Waals surface area contributed by atoms with E-state index >= 15 is 0 Å². The Bertz CT molecular complexity index is 311. The number of hydrogen-bond donors (Lipinski definition) is 1. The van der Waals surface area contributed by atoms with Crippen LogP contribution in [-0.4, -0.2) is 12.1 Å². The fourth-order valence-electron chi connectivity index (χ4n) is 1.76. The van der Waals surface area contributed by atoms with Crippen LogP contribution in [-0.2, 0) is 6.42 Å². The van der Waals surface area contributed by atoms with Crippen LogP contribution in [0.3, 0.4) is 0 Å². The van der Waals surface area contributed by atoms with Crippen molar-refractivity contribution in [3.63, 3.8) is 0 Å². The standard InChI is InChI=1S/C14H22FN/c1-4-11(2)16-12(3)9-10-13-7-5-6-8-14(13)15/h5-8,11-12,16H,4,9-10H2,1-3H3. The molecule has 1 aromatic carbocycles. The number of nitrogens with one attached hydrogen (secondary N) is 1. The molecular weight excluding hydrogens is 201 g/mol. The van der Waals surface area contributed by atoms with Gasteiger partial charge in [-0.05, 0) is 44.7 Å². The minimum atomic E-state index is -0.0850. The molecule has 0 aliphatic carbocycles. The van der Waals surface area contributed by atoms with E-state index in [2.05, 4.69) is 26.1 Å². The Morgan fingerprint density at radius 1 is 1.19 bits per heavy atom. The Balaban J connectivity index is 2.37. The van der Waals surface area contributed by atoms with Crippen LogP contribution in [0, 0.1) is 5.82 Å². The Morgan fingerprint density at radius 2 is 1.88 bits per heavy atom. The lowest BCUT2D eigenvalue weighted by molar-refractivity contribution is 0.436. The molecule has 0 bridgehead atoms. The summed E-state index contributed by atoms with van der Waals surface area (Å²) in [4.78, 5) is 0. The van der Waals surface area contributed by atoms with Crippen LogP contribution in [0.25, 0.3) is 0 Å². The summed E-state index contributed by atoms with van der Waals surface area (Å²) in [6, 6.07) is 8.00. The molecule has 0 aliphatic heterocycles. The minimum Gasteiger partial charge on any atom is -0.312 e. The molecule has 0 heterocycles. The van der Waals surface area contributed by atoms with Gasteiger partial charge in [-0.15, -0.1) is 0 Å². The summed E-state index contributed by atoms with van der Waals surface area (Å²) >= 11 is 0. The average molecular weight is 223 g/mol. The third kappa shape index (κ3) is 4.31. The van der Waals surface area contributed by atoms with Crippen LogP contribution in [0.5, 0.6) is 0 Å². The van der Waals surface area contributed by atoms with E-state index in [1.165, 1.54) is 6.07 Å². The predicted molar refractivity (Wildman–Crippen MR) is 67.1 cm³/mol. The minimum absolute atomic E-state index is 0.0850. The Morgan fingerprint density at radius 3 is 2.50 bits per heavy atom. The molecule has 0 amide bonds. The molecule has 0 aliphatic rings. The zero-order chi connectivity index (χ0) is 12.0. The largest absolute Gasteiger partial charge is 0.312 e. The second kappa shape index (κ2) is 6.64. The van der Waals surface area contributed by atoms with Crippen molar-refractivity contribution in [3.8, 4) is 0 Å². The summed E-state index contributed by atoms with van der Waals surface area (Å²) in [6.07, 6.45) is 2.91. The van der Waals surface area contributed by atoms with Crippen molar-refractivity contribution in [1.29, 1.82) is 0 Å². The van der Waals surface area contributed by atoms with E-state index in [0.717, 1.165) is 24.8 Å². The highest BCUT2D eigenvalue weighted by atomic mass is 19.1. The van der Waals surface area contributed by atoms with Crippen LogP contribution >= 0.6 is 0 Å². The first-order chi connectivity index (χ1) is 7.63. The van der Waals surface area contributed by atoms with Gasteiger partial charge in [-0.2, -0.15) is 0 Å². The summed E-state index contributed by atoms with van der Waals surface area (Å²) in [5.41, 5.74) is 0.820. The zero-order valence-corrected chi connectivity index (χ0v) is 10.5. The van der Waals surface area contributed by atoms with Crippen molar-refractivity contribution in [3.05, 3.63) is 35.6 Å². The molecule has 1 nitrogen and oxygen atoms in total. The SMILES string of the molecule is CCC(C)NC(C)CCc1ccccc1F. The molecule has 16 heavy (non-hydrogen) atoms. The molecule has 0 spiro atoms. The maximum atomic E-state index is 13.3. The smallest absolute Gasteiger partial charge is 0.126 e. The summed E-state index contributed by atoms with van der Waals surface area (Å²) in [7, 11) is 0. The van der Waals surface area contributed by atoms with E-state index in [-0.39, 0.29) is 5.82 Å². The van der Waals surface area contributed by atoms with E-state index in [1.54, 1.807) is 6.07 Å². The topological polar surface area (TPSA) is 12.0 Å². The van der Waals surface area contributed by atoms with E-state index in [0.29, 0.717) is 12.1 Å². The zero-order valence-electron chi connectivity index (χ0n) is 10.5. The van der Waals surface area contributed by atoms with Gasteiger partial charge in [-0.25, -0.2) is 4.39 Å². The Kier molecular flexibility index (Phi) is 5.47. The molecule has 1 N–H and O–H groups in total. The fourth-order valence-corrected chi connectivity index (χ4v) is 1.76. The Labute approximate surface area is 98.1 Å². The summed E-state index contributed by atoms with van der Waals surface area (Å²) < 4.78 is 13.3. The highest BCUT2D eigenvalue weighted by Gasteiger charge is 2.07. The van der Waals surface area contributed by atoms with Gasteiger partial charge in [0.1, 0.15) is 5.82 Å². The van der Waals surface area contributed by atoms with Gasteiger partial charge < -0.3 is 5.32 Å². The third-order valence-corrected chi connectivity index (χ3v) is 2.99. The molecule has 0 aromatic heterocycles. The summed E-state index contributed by atoms with van der Waals surface area (Å²) in [5, 5.41) is 3.50. The lowest BCUT2D eigenvalue weighted by atomic mass is 10.0. The van der Waals surface area contributed by atoms with Crippen molar-refractivity contribution in [2.75, 3.05) is 0 Å². The Hall–Kier alpha value is -0.890. The van der Waals surface area contributed by atoms with Gasteiger partial charge in [0, 0.05) is 12.1 Å². The van der Waals surface area contributed by atoms with Crippen LogP contribution in [0.2, 0.25) is 0 Å². The molecule has 1 rings (SSSR count). The first kappa shape index (κ1) is 13.2. The first-order valence-corrected chi connectivity index (χ1v) is 6.13. The molecule has 0 saturated carbocycles. The van der Waals surface area contributed by atoms with E-state index < -0.39 is 0 Å². The number of aryl methyl sites for hydroxylation is 1. The number of rotatable bonds is 6. The lowest BCUT2D eigenvalue weighted by Gasteiger charge is -2.18. The molecule has 90 valence electrons. The molecule has 0 fully saturated rings. The average Bonchev–Trinajstić information content (AvgIpc) is 2.28. The molecule has 1 aromatic rings. The van der Waals surface area contributed by atoms with Crippen LogP contribution in [0.1, 0.15) is 39.2 Å². The fraction of sp³-hybridized carbons (Fsp3) is 0.571. The number of halogens is 1. The van der Waals surface area contributed by atoms with Crippen molar-refractivity contribution in [2.24, 2.45) is 0 Å². The first-order valence-electron chi connectivity index (χ1n) is 6.13. The second-order valence-electron chi connectivity index (χ2n) is 4.51. The maximum absolute atomic E-state index is 13.3. The van der Waals surface area contributed by atoms with Gasteiger partial charge in [-0.1, -0.05) is 25.1 Å². The van der Waals surface area contributed by atoms with Crippen LogP contribution < -0.4 is 5.32 Å². The monoisotopic (exact) mass is 223 g/mol. The quantitative estimate of drug-likeness (QED) is 0.778. The predicted octanol–water partition coefficient (Wildman–Crippen LogP) is 3.53. The van der Waals surface area contributed by atoms with Gasteiger partial charge in [0.05, 0.1) is 0 Å². The molecule has 0 radical (unpaired) electrons. The second-order valence-corrected chi connectivity index (χ2v) is 4.51. The highest BCUT2D eigenvalue weighted by Crippen LogP contribution is 2.10. The van der Waals surface area contributed by atoms with Gasteiger partial charge in [-0.3, -0.25) is 0 Å². The van der Waals surface area contributed by atoms with Crippen molar-refractivity contribution in [1.82, 2.24) is 5.32 Å². The van der Waals surface area contributed by atoms with Crippen LogP contribution in [0.15, 0.2) is 24.3 Å². The van der Waals surface area contributed by atoms with Crippen molar-refractivity contribution >= 4 is 0 Å². The van der Waals surface area contributed by atoms with Crippen molar-refractivity contribution in [2.45, 2.75) is 52.1 Å². The van der Waals surface area contributed by atoms with Crippen LogP contribution in [0.4, 0.5) is 4.39 Å². The van der Waals surface area contributed by atoms with Gasteiger partial charge in [0.2, 0.25) is 0 Å². The van der Waals surface area contributed by atoms with E-state index in [9.17, 15) is 4.39 Å². The van der Waals surface area contributed by atoms with E-state index in [4.69, 9.17) is 0 Å². The normalized spacial score (nSPS) is 14.8. The summed E-state index contributed by atoms with van der Waals surface area (Å²) in [6.45, 7) is 6.51. The van der Waals surface area contributed by atoms with E-state index in [1.807, 2.05) is 12.1 Å². The lowest BCUT2D eigenvalue weighted by Crippen LogP contribution is -2.34. The molecule has 2 atom stereocenters. The van der Waals surface area contributed by atoms with Gasteiger partial charge >= 0.3 is 0 Å². The number of hydrogen-bond acceptors (Lipinski definition) is 1.